The maximum absolute atomic E-state index is 13.5. The number of imidazole rings is 1. The lowest BCUT2D eigenvalue weighted by molar-refractivity contribution is 0.415. The van der Waals surface area contributed by atoms with Crippen LogP contribution in [0.15, 0.2) is 59.3 Å². The Morgan fingerprint density at radius 2 is 1.95 bits per heavy atom. The minimum Gasteiger partial charge on any atom is -0.497 e. The molecule has 5 heteroatoms. The molecule has 0 unspecified atom stereocenters. The summed E-state index contributed by atoms with van der Waals surface area (Å²) in [4.78, 5) is 4.40. The number of nitrogens with zero attached hydrogens (tertiary/aromatic N) is 2. The first-order valence-electron chi connectivity index (χ1n) is 6.76. The number of ether oxygens (including phenoxy) is 1. The molecule has 0 bridgehead atoms. The van der Waals surface area contributed by atoms with E-state index in [0.717, 1.165) is 27.2 Å². The van der Waals surface area contributed by atoms with Crippen molar-refractivity contribution >= 4 is 15.9 Å². The van der Waals surface area contributed by atoms with E-state index in [1.165, 1.54) is 12.1 Å². The molecule has 0 spiro atoms. The van der Waals surface area contributed by atoms with E-state index in [4.69, 9.17) is 4.74 Å². The van der Waals surface area contributed by atoms with Crippen LogP contribution in [0.2, 0.25) is 0 Å². The number of rotatable bonds is 4. The molecule has 3 rings (SSSR count). The Balaban J connectivity index is 1.91. The number of hydrogen-bond donors (Lipinski definition) is 0. The molecule has 0 N–H and O–H groups in total. The molecule has 2 aromatic carbocycles. The SMILES string of the molecule is COc1ccc(-c2nccn2Cc2cc(F)cc(Br)c2)cc1. The summed E-state index contributed by atoms with van der Waals surface area (Å²) in [5, 5.41) is 0. The van der Waals surface area contributed by atoms with Gasteiger partial charge in [0.1, 0.15) is 17.4 Å². The van der Waals surface area contributed by atoms with Gasteiger partial charge in [-0.25, -0.2) is 9.37 Å². The van der Waals surface area contributed by atoms with Crippen molar-refractivity contribution in [2.45, 2.75) is 6.54 Å². The van der Waals surface area contributed by atoms with Gasteiger partial charge in [0.25, 0.3) is 0 Å². The average Bonchev–Trinajstić information content (AvgIpc) is 2.94. The number of halogens is 2. The van der Waals surface area contributed by atoms with Gasteiger partial charge >= 0.3 is 0 Å². The molecule has 1 aromatic heterocycles. The van der Waals surface area contributed by atoms with Crippen molar-refractivity contribution in [3.63, 3.8) is 0 Å². The average molecular weight is 361 g/mol. The third-order valence-corrected chi connectivity index (χ3v) is 3.80. The topological polar surface area (TPSA) is 27.1 Å². The van der Waals surface area contributed by atoms with E-state index in [1.807, 2.05) is 41.1 Å². The molecular weight excluding hydrogens is 347 g/mol. The number of aromatic nitrogens is 2. The highest BCUT2D eigenvalue weighted by Gasteiger charge is 2.08. The summed E-state index contributed by atoms with van der Waals surface area (Å²) in [6.45, 7) is 0.553. The summed E-state index contributed by atoms with van der Waals surface area (Å²) >= 11 is 3.32. The van der Waals surface area contributed by atoms with Gasteiger partial charge in [0.05, 0.1) is 7.11 Å². The zero-order valence-corrected chi connectivity index (χ0v) is 13.5. The number of hydrogen-bond acceptors (Lipinski definition) is 2. The maximum atomic E-state index is 13.5. The van der Waals surface area contributed by atoms with E-state index in [-0.39, 0.29) is 5.82 Å². The summed E-state index contributed by atoms with van der Waals surface area (Å²) < 4.78 is 21.4. The number of methoxy groups -OCH3 is 1. The first kappa shape index (κ1) is 14.8. The summed E-state index contributed by atoms with van der Waals surface area (Å²) in [6.07, 6.45) is 3.63. The molecule has 112 valence electrons. The summed E-state index contributed by atoms with van der Waals surface area (Å²) in [5.41, 5.74) is 1.86. The minimum absolute atomic E-state index is 0.254. The van der Waals surface area contributed by atoms with Gasteiger partial charge in [-0.2, -0.15) is 0 Å². The largest absolute Gasteiger partial charge is 0.497 e. The van der Waals surface area contributed by atoms with Gasteiger partial charge in [0, 0.05) is 29.0 Å². The highest BCUT2D eigenvalue weighted by atomic mass is 79.9. The zero-order valence-electron chi connectivity index (χ0n) is 12.0. The Hall–Kier alpha value is -2.14. The smallest absolute Gasteiger partial charge is 0.140 e. The molecule has 3 aromatic rings. The van der Waals surface area contributed by atoms with E-state index in [9.17, 15) is 4.39 Å². The highest BCUT2D eigenvalue weighted by Crippen LogP contribution is 2.23. The quantitative estimate of drug-likeness (QED) is 0.684. The lowest BCUT2D eigenvalue weighted by Crippen LogP contribution is -2.01. The molecule has 0 aliphatic rings. The fraction of sp³-hybridized carbons (Fsp3) is 0.118. The molecule has 3 nitrogen and oxygen atoms in total. The second-order valence-electron chi connectivity index (χ2n) is 4.88. The molecule has 0 atom stereocenters. The molecule has 0 fully saturated rings. The van der Waals surface area contributed by atoms with Crippen molar-refractivity contribution < 1.29 is 9.13 Å². The van der Waals surface area contributed by atoms with Gasteiger partial charge in [0.15, 0.2) is 0 Å². The Kier molecular flexibility index (Phi) is 4.24. The maximum Gasteiger partial charge on any atom is 0.140 e. The molecular formula is C17H14BrFN2O. The van der Waals surface area contributed by atoms with Crippen molar-refractivity contribution in [3.8, 4) is 17.1 Å². The third kappa shape index (κ3) is 3.20. The Morgan fingerprint density at radius 1 is 1.18 bits per heavy atom. The first-order chi connectivity index (χ1) is 10.7. The van der Waals surface area contributed by atoms with Crippen LogP contribution < -0.4 is 4.74 Å². The van der Waals surface area contributed by atoms with E-state index in [2.05, 4.69) is 20.9 Å². The van der Waals surface area contributed by atoms with Crippen LogP contribution in [0.25, 0.3) is 11.4 Å². The lowest BCUT2D eigenvalue weighted by atomic mass is 10.2. The Bertz CT molecular complexity index is 763. The predicted octanol–water partition coefficient (Wildman–Crippen LogP) is 4.51. The molecule has 0 saturated carbocycles. The molecule has 0 aliphatic heterocycles. The van der Waals surface area contributed by atoms with Crippen LogP contribution >= 0.6 is 15.9 Å². The van der Waals surface area contributed by atoms with Crippen molar-refractivity contribution in [2.24, 2.45) is 0 Å². The van der Waals surface area contributed by atoms with E-state index in [1.54, 1.807) is 13.3 Å². The van der Waals surface area contributed by atoms with Gasteiger partial charge in [-0.05, 0) is 48.0 Å². The fourth-order valence-corrected chi connectivity index (χ4v) is 2.85. The Labute approximate surface area is 136 Å². The van der Waals surface area contributed by atoms with Crippen molar-refractivity contribution in [1.82, 2.24) is 9.55 Å². The molecule has 0 radical (unpaired) electrons. The van der Waals surface area contributed by atoms with E-state index < -0.39 is 0 Å². The van der Waals surface area contributed by atoms with Crippen molar-refractivity contribution in [1.29, 1.82) is 0 Å². The third-order valence-electron chi connectivity index (χ3n) is 3.34. The predicted molar refractivity (Wildman–Crippen MR) is 87.4 cm³/mol. The van der Waals surface area contributed by atoms with Crippen LogP contribution in [0.3, 0.4) is 0 Å². The summed E-state index contributed by atoms with van der Waals surface area (Å²) in [7, 11) is 1.64. The summed E-state index contributed by atoms with van der Waals surface area (Å²) in [6, 6.07) is 12.6. The van der Waals surface area contributed by atoms with Crippen LogP contribution in [0.1, 0.15) is 5.56 Å². The molecule has 0 aliphatic carbocycles. The molecule has 1 heterocycles. The standard InChI is InChI=1S/C17H14BrFN2O/c1-22-16-4-2-13(3-5-16)17-20-6-7-21(17)11-12-8-14(18)10-15(19)9-12/h2-10H,11H2,1H3. The van der Waals surface area contributed by atoms with Crippen LogP contribution in [0.4, 0.5) is 4.39 Å². The van der Waals surface area contributed by atoms with Gasteiger partial charge in [-0.15, -0.1) is 0 Å². The minimum atomic E-state index is -0.254. The van der Waals surface area contributed by atoms with Crippen molar-refractivity contribution in [2.75, 3.05) is 7.11 Å². The normalized spacial score (nSPS) is 10.7. The molecule has 0 saturated heterocycles. The summed E-state index contributed by atoms with van der Waals surface area (Å²) in [5.74, 6) is 1.38. The molecule has 0 amide bonds. The van der Waals surface area contributed by atoms with E-state index in [0.29, 0.717) is 6.54 Å². The van der Waals surface area contributed by atoms with Gasteiger partial charge in [-0.1, -0.05) is 15.9 Å². The second kappa shape index (κ2) is 6.32. The second-order valence-corrected chi connectivity index (χ2v) is 5.80. The lowest BCUT2D eigenvalue weighted by Gasteiger charge is -2.09. The van der Waals surface area contributed by atoms with Crippen LogP contribution in [-0.2, 0) is 6.54 Å². The molecule has 22 heavy (non-hydrogen) atoms. The monoisotopic (exact) mass is 360 g/mol. The van der Waals surface area contributed by atoms with Gasteiger partial charge in [0.2, 0.25) is 0 Å². The van der Waals surface area contributed by atoms with Crippen LogP contribution in [-0.4, -0.2) is 16.7 Å². The Morgan fingerprint density at radius 3 is 2.64 bits per heavy atom. The first-order valence-corrected chi connectivity index (χ1v) is 7.55. The zero-order chi connectivity index (χ0) is 15.5. The van der Waals surface area contributed by atoms with Gasteiger partial charge < -0.3 is 9.30 Å². The highest BCUT2D eigenvalue weighted by molar-refractivity contribution is 9.10. The number of benzene rings is 2. The van der Waals surface area contributed by atoms with Crippen molar-refractivity contribution in [3.05, 3.63) is 70.7 Å². The van der Waals surface area contributed by atoms with Crippen LogP contribution in [0.5, 0.6) is 5.75 Å². The fourth-order valence-electron chi connectivity index (χ4n) is 2.34. The van der Waals surface area contributed by atoms with Gasteiger partial charge in [-0.3, -0.25) is 0 Å². The van der Waals surface area contributed by atoms with Crippen LogP contribution in [0, 0.1) is 5.82 Å². The van der Waals surface area contributed by atoms with E-state index >= 15 is 0 Å².